The molecule has 1 aromatic carbocycles. The maximum absolute atomic E-state index is 12.0. The van der Waals surface area contributed by atoms with E-state index in [9.17, 15) is 9.90 Å². The molecule has 0 aromatic heterocycles. The van der Waals surface area contributed by atoms with Crippen LogP contribution in [-0.2, 0) is 4.79 Å². The Labute approximate surface area is 112 Å². The summed E-state index contributed by atoms with van der Waals surface area (Å²) in [6, 6.07) is 6.92. The second-order valence-electron chi connectivity index (χ2n) is 5.43. The van der Waals surface area contributed by atoms with Crippen molar-refractivity contribution in [2.24, 2.45) is 22.9 Å². The Kier molecular flexibility index (Phi) is 3.23. The van der Waals surface area contributed by atoms with Crippen LogP contribution in [0.25, 0.3) is 0 Å². The number of hydrogen-bond donors (Lipinski definition) is 2. The van der Waals surface area contributed by atoms with Gasteiger partial charge in [0.2, 0.25) is 5.91 Å². The van der Waals surface area contributed by atoms with Gasteiger partial charge in [0.15, 0.2) is 0 Å². The predicted molar refractivity (Wildman–Crippen MR) is 72.8 cm³/mol. The Morgan fingerprint density at radius 2 is 1.95 bits per heavy atom. The van der Waals surface area contributed by atoms with Crippen LogP contribution in [-0.4, -0.2) is 17.2 Å². The molecule has 2 fully saturated rings. The highest BCUT2D eigenvalue weighted by atomic mass is 16.3. The van der Waals surface area contributed by atoms with E-state index in [1.54, 1.807) is 18.2 Å². The number of para-hydroxylation sites is 1. The van der Waals surface area contributed by atoms with Crippen molar-refractivity contribution < 1.29 is 9.90 Å². The lowest BCUT2D eigenvalue weighted by atomic mass is 10.0. The summed E-state index contributed by atoms with van der Waals surface area (Å²) in [5, 5.41) is 13.5. The van der Waals surface area contributed by atoms with Gasteiger partial charge < -0.3 is 5.11 Å². The largest absolute Gasteiger partial charge is 0.507 e. The Bertz CT molecular complexity index is 501. The van der Waals surface area contributed by atoms with Crippen LogP contribution in [0.15, 0.2) is 29.4 Å². The van der Waals surface area contributed by atoms with Gasteiger partial charge in [0.05, 0.1) is 6.21 Å². The minimum absolute atomic E-state index is 0.0311. The Balaban J connectivity index is 1.55. The van der Waals surface area contributed by atoms with Gasteiger partial charge in [-0.05, 0) is 36.8 Å². The number of hydrazone groups is 1. The number of carbonyl (C=O) groups is 1. The molecule has 2 N–H and O–H groups in total. The first kappa shape index (κ1) is 12.2. The summed E-state index contributed by atoms with van der Waals surface area (Å²) in [6.07, 6.45) is 6.37. The Morgan fingerprint density at radius 3 is 2.63 bits per heavy atom. The number of nitrogens with one attached hydrogen (secondary N) is 1. The molecule has 1 amide bonds. The van der Waals surface area contributed by atoms with Gasteiger partial charge in [-0.2, -0.15) is 5.10 Å². The first-order valence-corrected chi connectivity index (χ1v) is 6.88. The van der Waals surface area contributed by atoms with Crippen LogP contribution in [0.5, 0.6) is 5.75 Å². The van der Waals surface area contributed by atoms with Gasteiger partial charge in [-0.3, -0.25) is 4.79 Å². The van der Waals surface area contributed by atoms with Crippen LogP contribution in [0, 0.1) is 17.8 Å². The predicted octanol–water partition coefficient (Wildman–Crippen LogP) is 2.28. The van der Waals surface area contributed by atoms with Gasteiger partial charge in [-0.25, -0.2) is 5.43 Å². The molecule has 4 heteroatoms. The molecule has 2 saturated carbocycles. The number of rotatable bonds is 3. The number of amides is 1. The van der Waals surface area contributed by atoms with Crippen molar-refractivity contribution in [1.29, 1.82) is 0 Å². The van der Waals surface area contributed by atoms with Gasteiger partial charge in [0.25, 0.3) is 0 Å². The van der Waals surface area contributed by atoms with E-state index < -0.39 is 0 Å². The van der Waals surface area contributed by atoms with Crippen LogP contribution < -0.4 is 5.43 Å². The van der Waals surface area contributed by atoms with Gasteiger partial charge in [-0.15, -0.1) is 0 Å². The van der Waals surface area contributed by atoms with E-state index in [1.165, 1.54) is 31.9 Å². The van der Waals surface area contributed by atoms with Crippen molar-refractivity contribution in [3.05, 3.63) is 29.8 Å². The fraction of sp³-hybridized carbons (Fsp3) is 0.467. The zero-order valence-corrected chi connectivity index (χ0v) is 10.7. The monoisotopic (exact) mass is 258 g/mol. The standard InChI is InChI=1S/C15H18N2O2/c18-13-8-4-1-5-10(13)9-16-17-15(19)14-11-6-2-3-7-12(11)14/h1,4-5,8-9,11-12,14,18H,2-3,6-7H2,(H,17,19)/b16-9-/t11-,12+,14?. The highest BCUT2D eigenvalue weighted by Crippen LogP contribution is 2.55. The minimum Gasteiger partial charge on any atom is -0.507 e. The van der Waals surface area contributed by atoms with Crippen molar-refractivity contribution in [1.82, 2.24) is 5.43 Å². The quantitative estimate of drug-likeness (QED) is 0.645. The molecule has 4 nitrogen and oxygen atoms in total. The van der Waals surface area contributed by atoms with Crippen LogP contribution in [0.4, 0.5) is 0 Å². The average Bonchev–Trinajstić information content (AvgIpc) is 3.15. The van der Waals surface area contributed by atoms with E-state index in [1.807, 2.05) is 6.07 Å². The third-order valence-corrected chi connectivity index (χ3v) is 4.27. The number of phenolic OH excluding ortho intramolecular Hbond substituents is 1. The SMILES string of the molecule is O=C(N/N=C\c1ccccc1O)C1[C@H]2CCCC[C@@H]12. The molecule has 0 heterocycles. The fourth-order valence-corrected chi connectivity index (χ4v) is 3.22. The van der Waals surface area contributed by atoms with E-state index in [2.05, 4.69) is 10.5 Å². The molecule has 0 spiro atoms. The minimum atomic E-state index is 0.0311. The molecule has 0 bridgehead atoms. The third-order valence-electron chi connectivity index (χ3n) is 4.27. The zero-order chi connectivity index (χ0) is 13.2. The number of phenols is 1. The van der Waals surface area contributed by atoms with E-state index in [0.29, 0.717) is 17.4 Å². The van der Waals surface area contributed by atoms with Gasteiger partial charge in [0.1, 0.15) is 5.75 Å². The number of nitrogens with zero attached hydrogens (tertiary/aromatic N) is 1. The lowest BCUT2D eigenvalue weighted by Gasteiger charge is -2.04. The molecular formula is C15H18N2O2. The molecule has 3 rings (SSSR count). The third kappa shape index (κ3) is 2.48. The lowest BCUT2D eigenvalue weighted by Crippen LogP contribution is -2.20. The maximum atomic E-state index is 12.0. The second-order valence-corrected chi connectivity index (χ2v) is 5.43. The smallest absolute Gasteiger partial charge is 0.243 e. The summed E-state index contributed by atoms with van der Waals surface area (Å²) in [5.74, 6) is 1.55. The Hall–Kier alpha value is -1.84. The summed E-state index contributed by atoms with van der Waals surface area (Å²) >= 11 is 0. The number of hydrogen-bond acceptors (Lipinski definition) is 3. The molecule has 1 unspecified atom stereocenters. The molecule has 2 aliphatic rings. The van der Waals surface area contributed by atoms with E-state index >= 15 is 0 Å². The van der Waals surface area contributed by atoms with Crippen molar-refractivity contribution >= 4 is 12.1 Å². The maximum Gasteiger partial charge on any atom is 0.243 e. The van der Waals surface area contributed by atoms with Gasteiger partial charge in [-0.1, -0.05) is 25.0 Å². The molecule has 19 heavy (non-hydrogen) atoms. The number of carbonyl (C=O) groups excluding carboxylic acids is 1. The van der Waals surface area contributed by atoms with Crippen LogP contribution in [0.3, 0.4) is 0 Å². The van der Waals surface area contributed by atoms with Crippen molar-refractivity contribution in [2.75, 3.05) is 0 Å². The van der Waals surface area contributed by atoms with E-state index in [0.717, 1.165) is 0 Å². The first-order chi connectivity index (χ1) is 9.27. The lowest BCUT2D eigenvalue weighted by molar-refractivity contribution is -0.122. The van der Waals surface area contributed by atoms with Gasteiger partial charge >= 0.3 is 0 Å². The van der Waals surface area contributed by atoms with E-state index in [-0.39, 0.29) is 17.6 Å². The highest BCUT2D eigenvalue weighted by molar-refractivity contribution is 5.86. The molecule has 0 aliphatic heterocycles. The summed E-state index contributed by atoms with van der Waals surface area (Å²) in [5.41, 5.74) is 3.20. The molecule has 0 radical (unpaired) electrons. The fourth-order valence-electron chi connectivity index (χ4n) is 3.22. The second kappa shape index (κ2) is 5.03. The summed E-state index contributed by atoms with van der Waals surface area (Å²) in [6.45, 7) is 0. The number of aromatic hydroxyl groups is 1. The highest BCUT2D eigenvalue weighted by Gasteiger charge is 2.54. The topological polar surface area (TPSA) is 61.7 Å². The summed E-state index contributed by atoms with van der Waals surface area (Å²) < 4.78 is 0. The van der Waals surface area contributed by atoms with Crippen molar-refractivity contribution in [2.45, 2.75) is 25.7 Å². The number of fused-ring (bicyclic) bond motifs is 1. The zero-order valence-electron chi connectivity index (χ0n) is 10.7. The summed E-state index contributed by atoms with van der Waals surface area (Å²) in [7, 11) is 0. The average molecular weight is 258 g/mol. The molecular weight excluding hydrogens is 240 g/mol. The number of benzene rings is 1. The molecule has 2 aliphatic carbocycles. The van der Waals surface area contributed by atoms with E-state index in [4.69, 9.17) is 0 Å². The Morgan fingerprint density at radius 1 is 1.26 bits per heavy atom. The van der Waals surface area contributed by atoms with Crippen LogP contribution >= 0.6 is 0 Å². The molecule has 1 aromatic rings. The van der Waals surface area contributed by atoms with Crippen LogP contribution in [0.1, 0.15) is 31.2 Å². The van der Waals surface area contributed by atoms with Gasteiger partial charge in [0, 0.05) is 11.5 Å². The molecule has 0 saturated heterocycles. The van der Waals surface area contributed by atoms with Crippen molar-refractivity contribution in [3.63, 3.8) is 0 Å². The first-order valence-electron chi connectivity index (χ1n) is 6.88. The van der Waals surface area contributed by atoms with Crippen LogP contribution in [0.2, 0.25) is 0 Å². The normalized spacial score (nSPS) is 28.9. The molecule has 100 valence electrons. The molecule has 3 atom stereocenters. The van der Waals surface area contributed by atoms with Crippen molar-refractivity contribution in [3.8, 4) is 5.75 Å². The summed E-state index contributed by atoms with van der Waals surface area (Å²) in [4.78, 5) is 12.0.